The highest BCUT2D eigenvalue weighted by Gasteiger charge is 2.32. The summed E-state index contributed by atoms with van der Waals surface area (Å²) in [7, 11) is 0. The van der Waals surface area contributed by atoms with Crippen molar-refractivity contribution in [1.29, 1.82) is 5.26 Å². The molecule has 0 unspecified atom stereocenters. The lowest BCUT2D eigenvalue weighted by Gasteiger charge is -2.08. The van der Waals surface area contributed by atoms with Crippen LogP contribution in [0.4, 0.5) is 13.2 Å². The summed E-state index contributed by atoms with van der Waals surface area (Å²) in [5, 5.41) is 17.0. The lowest BCUT2D eigenvalue weighted by atomic mass is 10.2. The van der Waals surface area contributed by atoms with Crippen LogP contribution in [-0.4, -0.2) is 22.4 Å². The fraction of sp³-hybridized carbons (Fsp3) is 0.125. The van der Waals surface area contributed by atoms with E-state index >= 15 is 0 Å². The molecule has 0 amide bonds. The van der Waals surface area contributed by atoms with Crippen molar-refractivity contribution in [3.8, 4) is 11.9 Å². The first-order valence-electron chi connectivity index (χ1n) is 3.73. The number of carboxylic acid groups (broad SMARTS) is 1. The number of ether oxygens (including phenoxy) is 1. The number of hydrogen-bond donors (Lipinski definition) is 1. The summed E-state index contributed by atoms with van der Waals surface area (Å²) < 4.78 is 38.8. The second-order valence-electron chi connectivity index (χ2n) is 2.51. The predicted molar refractivity (Wildman–Crippen MR) is 42.6 cm³/mol. The molecule has 0 aliphatic carbocycles. The molecular weight excluding hydrogens is 229 g/mol. The topological polar surface area (TPSA) is 83.2 Å². The normalized spacial score (nSPS) is 10.6. The molecule has 0 saturated heterocycles. The molecule has 0 atom stereocenters. The molecule has 0 fully saturated rings. The average molecular weight is 232 g/mol. The van der Waals surface area contributed by atoms with Crippen LogP contribution >= 0.6 is 0 Å². The zero-order valence-corrected chi connectivity index (χ0v) is 7.45. The molecule has 8 heteroatoms. The molecular formula is C8H3F3N2O3. The van der Waals surface area contributed by atoms with Crippen molar-refractivity contribution >= 4 is 5.97 Å². The van der Waals surface area contributed by atoms with E-state index < -0.39 is 23.9 Å². The molecule has 1 rings (SSSR count). The van der Waals surface area contributed by atoms with Crippen molar-refractivity contribution < 1.29 is 27.8 Å². The smallest absolute Gasteiger partial charge is 0.476 e. The van der Waals surface area contributed by atoms with Crippen molar-refractivity contribution in [3.05, 3.63) is 23.4 Å². The number of nitriles is 1. The number of aromatic nitrogens is 1. The highest BCUT2D eigenvalue weighted by molar-refractivity contribution is 5.88. The summed E-state index contributed by atoms with van der Waals surface area (Å²) in [6.07, 6.45) is -4.96. The van der Waals surface area contributed by atoms with Crippen LogP contribution in [0.15, 0.2) is 12.1 Å². The Hall–Kier alpha value is -2.30. The fourth-order valence-electron chi connectivity index (χ4n) is 0.870. The van der Waals surface area contributed by atoms with E-state index in [9.17, 15) is 18.0 Å². The molecule has 0 aromatic carbocycles. The highest BCUT2D eigenvalue weighted by atomic mass is 19.4. The van der Waals surface area contributed by atoms with Gasteiger partial charge in [0, 0.05) is 6.07 Å². The van der Waals surface area contributed by atoms with Gasteiger partial charge in [0.05, 0.1) is 5.56 Å². The van der Waals surface area contributed by atoms with Crippen molar-refractivity contribution in [3.63, 3.8) is 0 Å². The molecule has 0 bridgehead atoms. The Labute approximate surface area is 86.7 Å². The highest BCUT2D eigenvalue weighted by Crippen LogP contribution is 2.21. The Kier molecular flexibility index (Phi) is 2.99. The van der Waals surface area contributed by atoms with Crippen LogP contribution in [0.3, 0.4) is 0 Å². The quantitative estimate of drug-likeness (QED) is 0.836. The first-order chi connectivity index (χ1) is 7.33. The average Bonchev–Trinajstić information content (AvgIpc) is 2.15. The molecule has 0 aliphatic rings. The van der Waals surface area contributed by atoms with Gasteiger partial charge in [0.1, 0.15) is 6.07 Å². The van der Waals surface area contributed by atoms with Crippen molar-refractivity contribution in [1.82, 2.24) is 4.98 Å². The van der Waals surface area contributed by atoms with E-state index in [2.05, 4.69) is 9.72 Å². The summed E-state index contributed by atoms with van der Waals surface area (Å²) in [6, 6.07) is 3.14. The van der Waals surface area contributed by atoms with E-state index in [1.54, 1.807) is 0 Å². The molecule has 1 aromatic rings. The largest absolute Gasteiger partial charge is 0.574 e. The minimum absolute atomic E-state index is 0.345. The predicted octanol–water partition coefficient (Wildman–Crippen LogP) is 1.55. The van der Waals surface area contributed by atoms with Crippen molar-refractivity contribution in [2.45, 2.75) is 6.36 Å². The summed E-state index contributed by atoms with van der Waals surface area (Å²) in [6.45, 7) is 0. The molecule has 84 valence electrons. The maximum Gasteiger partial charge on any atom is 0.574 e. The number of aromatic carboxylic acids is 1. The molecule has 0 saturated carbocycles. The molecule has 0 aliphatic heterocycles. The zero-order chi connectivity index (χ0) is 12.3. The second-order valence-corrected chi connectivity index (χ2v) is 2.51. The van der Waals surface area contributed by atoms with Gasteiger partial charge in [-0.2, -0.15) is 5.26 Å². The van der Waals surface area contributed by atoms with Crippen LogP contribution < -0.4 is 4.74 Å². The SMILES string of the molecule is N#Cc1ccc(OC(F)(F)F)nc1C(=O)O. The van der Waals surface area contributed by atoms with Crippen LogP contribution in [0, 0.1) is 11.3 Å². The van der Waals surface area contributed by atoms with Gasteiger partial charge in [-0.25, -0.2) is 9.78 Å². The van der Waals surface area contributed by atoms with Crippen LogP contribution in [0.2, 0.25) is 0 Å². The number of carbonyl (C=O) groups is 1. The van der Waals surface area contributed by atoms with Gasteiger partial charge in [0.2, 0.25) is 5.88 Å². The maximum atomic E-state index is 11.8. The number of alkyl halides is 3. The first kappa shape index (κ1) is 11.8. The van der Waals surface area contributed by atoms with Crippen LogP contribution in [0.25, 0.3) is 0 Å². The Morgan fingerprint density at radius 2 is 2.12 bits per heavy atom. The van der Waals surface area contributed by atoms with Crippen LogP contribution in [0.1, 0.15) is 16.1 Å². The van der Waals surface area contributed by atoms with Crippen LogP contribution in [-0.2, 0) is 0 Å². The van der Waals surface area contributed by atoms with Gasteiger partial charge in [-0.05, 0) is 6.07 Å². The third-order valence-corrected chi connectivity index (χ3v) is 1.41. The Bertz CT molecular complexity index is 465. The standard InChI is InChI=1S/C8H3F3N2O3/c9-8(10,11)16-5-2-1-4(3-12)6(13-5)7(14)15/h1-2H,(H,14,15). The third-order valence-electron chi connectivity index (χ3n) is 1.41. The van der Waals surface area contributed by atoms with E-state index in [1.807, 2.05) is 0 Å². The number of nitrogens with zero attached hydrogens (tertiary/aromatic N) is 2. The Balaban J connectivity index is 3.14. The van der Waals surface area contributed by atoms with Gasteiger partial charge in [0.25, 0.3) is 0 Å². The molecule has 5 nitrogen and oxygen atoms in total. The number of hydrogen-bond acceptors (Lipinski definition) is 4. The maximum absolute atomic E-state index is 11.8. The molecule has 1 N–H and O–H groups in total. The van der Waals surface area contributed by atoms with Gasteiger partial charge < -0.3 is 9.84 Å². The minimum Gasteiger partial charge on any atom is -0.476 e. The monoisotopic (exact) mass is 232 g/mol. The van der Waals surface area contributed by atoms with Gasteiger partial charge in [-0.3, -0.25) is 0 Å². The molecule has 1 aromatic heterocycles. The van der Waals surface area contributed by atoms with Gasteiger partial charge >= 0.3 is 12.3 Å². The third kappa shape index (κ3) is 2.84. The molecule has 1 heterocycles. The van der Waals surface area contributed by atoms with E-state index in [-0.39, 0.29) is 5.56 Å². The lowest BCUT2D eigenvalue weighted by molar-refractivity contribution is -0.276. The van der Waals surface area contributed by atoms with Gasteiger partial charge in [-0.1, -0.05) is 0 Å². The summed E-state index contributed by atoms with van der Waals surface area (Å²) >= 11 is 0. The summed E-state index contributed by atoms with van der Waals surface area (Å²) in [5.74, 6) is -2.53. The fourth-order valence-corrected chi connectivity index (χ4v) is 0.870. The Morgan fingerprint density at radius 1 is 1.50 bits per heavy atom. The van der Waals surface area contributed by atoms with Gasteiger partial charge in [0.15, 0.2) is 5.69 Å². The summed E-state index contributed by atoms with van der Waals surface area (Å²) in [4.78, 5) is 13.6. The molecule has 0 radical (unpaired) electrons. The van der Waals surface area contributed by atoms with Gasteiger partial charge in [-0.15, -0.1) is 13.2 Å². The summed E-state index contributed by atoms with van der Waals surface area (Å²) in [5.41, 5.74) is -1.13. The molecule has 16 heavy (non-hydrogen) atoms. The van der Waals surface area contributed by atoms with Crippen molar-refractivity contribution in [2.24, 2.45) is 0 Å². The minimum atomic E-state index is -4.96. The lowest BCUT2D eigenvalue weighted by Crippen LogP contribution is -2.19. The number of carboxylic acids is 1. The number of rotatable bonds is 2. The zero-order valence-electron chi connectivity index (χ0n) is 7.45. The van der Waals surface area contributed by atoms with E-state index in [0.717, 1.165) is 12.1 Å². The van der Waals surface area contributed by atoms with Crippen LogP contribution in [0.5, 0.6) is 5.88 Å². The first-order valence-corrected chi connectivity index (χ1v) is 3.73. The van der Waals surface area contributed by atoms with E-state index in [0.29, 0.717) is 0 Å². The molecule has 0 spiro atoms. The van der Waals surface area contributed by atoms with Crippen molar-refractivity contribution in [2.75, 3.05) is 0 Å². The number of pyridine rings is 1. The second kappa shape index (κ2) is 4.06. The van der Waals surface area contributed by atoms with E-state index in [1.165, 1.54) is 6.07 Å². The van der Waals surface area contributed by atoms with E-state index in [4.69, 9.17) is 10.4 Å². The Morgan fingerprint density at radius 3 is 2.56 bits per heavy atom. The number of halogens is 3.